The van der Waals surface area contributed by atoms with Gasteiger partial charge in [0, 0.05) is 26.2 Å². The van der Waals surface area contributed by atoms with Crippen LogP contribution in [0.3, 0.4) is 0 Å². The van der Waals surface area contributed by atoms with E-state index in [0.717, 1.165) is 30.4 Å². The molecule has 4 rings (SSSR count). The Morgan fingerprint density at radius 1 is 1.10 bits per heavy atom. The lowest BCUT2D eigenvalue weighted by atomic mass is 10.3. The van der Waals surface area contributed by atoms with Crippen molar-refractivity contribution < 1.29 is 17.9 Å². The van der Waals surface area contributed by atoms with Gasteiger partial charge in [0.2, 0.25) is 5.95 Å². The fourth-order valence-electron chi connectivity index (χ4n) is 3.36. The Morgan fingerprint density at radius 2 is 1.83 bits per heavy atom. The van der Waals surface area contributed by atoms with Crippen LogP contribution in [-0.4, -0.2) is 49.6 Å². The number of imidazole rings is 1. The van der Waals surface area contributed by atoms with Crippen LogP contribution in [0.1, 0.15) is 35.7 Å². The van der Waals surface area contributed by atoms with Crippen LogP contribution < -0.4 is 9.64 Å². The van der Waals surface area contributed by atoms with Crippen LogP contribution in [0.5, 0.6) is 5.75 Å². The number of hydrogen-bond donors (Lipinski definition) is 0. The number of alkyl halides is 3. The second kappa shape index (κ2) is 7.05. The minimum Gasteiger partial charge on any atom is -0.493 e. The van der Waals surface area contributed by atoms with Crippen molar-refractivity contribution in [2.75, 3.05) is 25.1 Å². The quantitative estimate of drug-likeness (QED) is 0.662. The maximum Gasteiger partial charge on any atom is 0.435 e. The summed E-state index contributed by atoms with van der Waals surface area (Å²) >= 11 is 0. The molecule has 1 fully saturated rings. The van der Waals surface area contributed by atoms with Gasteiger partial charge < -0.3 is 9.64 Å². The van der Waals surface area contributed by atoms with E-state index in [0.29, 0.717) is 17.5 Å². The molecule has 1 saturated heterocycles. The number of ether oxygens (including phenoxy) is 1. The molecule has 0 aromatic carbocycles. The van der Waals surface area contributed by atoms with Crippen LogP contribution in [0.25, 0.3) is 17.8 Å². The maximum atomic E-state index is 13.2. The van der Waals surface area contributed by atoms with Crippen molar-refractivity contribution in [3.63, 3.8) is 0 Å². The van der Waals surface area contributed by atoms with Gasteiger partial charge in [0.15, 0.2) is 22.9 Å². The van der Waals surface area contributed by atoms with Gasteiger partial charge in [-0.15, -0.1) is 5.10 Å². The Morgan fingerprint density at radius 3 is 2.48 bits per heavy atom. The Kier molecular flexibility index (Phi) is 4.67. The standard InChI is InChI=1S/C18H20F3N7O/c1-11-15(18(19,20)21)23-16-13(29-3)10-12(24-28(11)16)6-7-14-22-17(25-26(14)2)27-8-4-5-9-27/h6-7,10H,4-5,8-9H2,1-3H3. The minimum atomic E-state index is -4.57. The first-order valence-corrected chi connectivity index (χ1v) is 9.13. The number of aryl methyl sites for hydroxylation is 2. The van der Waals surface area contributed by atoms with E-state index >= 15 is 0 Å². The predicted molar refractivity (Wildman–Crippen MR) is 101 cm³/mol. The van der Waals surface area contributed by atoms with Crippen LogP contribution >= 0.6 is 0 Å². The van der Waals surface area contributed by atoms with Gasteiger partial charge in [0.05, 0.1) is 18.5 Å². The van der Waals surface area contributed by atoms with Gasteiger partial charge in [-0.2, -0.15) is 23.3 Å². The molecule has 154 valence electrons. The van der Waals surface area contributed by atoms with Crippen LogP contribution in [0, 0.1) is 6.92 Å². The number of halogens is 3. The van der Waals surface area contributed by atoms with Crippen molar-refractivity contribution >= 4 is 23.7 Å². The number of aromatic nitrogens is 6. The lowest BCUT2D eigenvalue weighted by molar-refractivity contribution is -0.141. The highest BCUT2D eigenvalue weighted by Crippen LogP contribution is 2.33. The molecule has 0 N–H and O–H groups in total. The molecular formula is C18H20F3N7O. The van der Waals surface area contributed by atoms with Gasteiger partial charge in [-0.3, -0.25) is 0 Å². The molecule has 1 aliphatic heterocycles. The average molecular weight is 407 g/mol. The third-order valence-electron chi connectivity index (χ3n) is 4.86. The summed E-state index contributed by atoms with van der Waals surface area (Å²) in [5.41, 5.74) is -0.650. The summed E-state index contributed by atoms with van der Waals surface area (Å²) in [6.45, 7) is 3.20. The number of nitrogens with zero attached hydrogens (tertiary/aromatic N) is 7. The Hall–Kier alpha value is -3.11. The van der Waals surface area contributed by atoms with Crippen molar-refractivity contribution in [3.05, 3.63) is 29.0 Å². The molecule has 0 atom stereocenters. The highest BCUT2D eigenvalue weighted by atomic mass is 19.4. The monoisotopic (exact) mass is 407 g/mol. The highest BCUT2D eigenvalue weighted by molar-refractivity contribution is 5.68. The summed E-state index contributed by atoms with van der Waals surface area (Å²) < 4.78 is 47.6. The van der Waals surface area contributed by atoms with Crippen LogP contribution in [0.2, 0.25) is 0 Å². The van der Waals surface area contributed by atoms with E-state index < -0.39 is 11.9 Å². The largest absolute Gasteiger partial charge is 0.493 e. The van der Waals surface area contributed by atoms with E-state index in [2.05, 4.69) is 25.1 Å². The van der Waals surface area contributed by atoms with Crippen molar-refractivity contribution in [2.24, 2.45) is 7.05 Å². The van der Waals surface area contributed by atoms with Gasteiger partial charge in [-0.05, 0) is 31.9 Å². The summed E-state index contributed by atoms with van der Waals surface area (Å²) in [6.07, 6.45) is 1.06. The number of rotatable bonds is 4. The molecule has 8 nitrogen and oxygen atoms in total. The first-order valence-electron chi connectivity index (χ1n) is 9.13. The summed E-state index contributed by atoms with van der Waals surface area (Å²) in [7, 11) is 3.17. The second-order valence-electron chi connectivity index (χ2n) is 6.84. The fourth-order valence-corrected chi connectivity index (χ4v) is 3.36. The number of anilines is 1. The van der Waals surface area contributed by atoms with E-state index in [9.17, 15) is 13.2 Å². The fraction of sp³-hybridized carbons (Fsp3) is 0.444. The maximum absolute atomic E-state index is 13.2. The first-order chi connectivity index (χ1) is 13.8. The number of hydrogen-bond acceptors (Lipinski definition) is 6. The van der Waals surface area contributed by atoms with E-state index in [4.69, 9.17) is 4.74 Å². The molecule has 0 spiro atoms. The highest BCUT2D eigenvalue weighted by Gasteiger charge is 2.37. The third-order valence-corrected chi connectivity index (χ3v) is 4.86. The third kappa shape index (κ3) is 3.52. The zero-order valence-electron chi connectivity index (χ0n) is 16.2. The summed E-state index contributed by atoms with van der Waals surface area (Å²) in [4.78, 5) is 10.3. The smallest absolute Gasteiger partial charge is 0.435 e. The SMILES string of the molecule is COc1cc(C=Cc2nc(N3CCCC3)nn2C)nn2c(C)c(C(F)(F)F)nc12. The van der Waals surface area contributed by atoms with Crippen molar-refractivity contribution in [3.8, 4) is 5.75 Å². The van der Waals surface area contributed by atoms with E-state index in [1.54, 1.807) is 23.9 Å². The molecule has 29 heavy (non-hydrogen) atoms. The van der Waals surface area contributed by atoms with E-state index in [-0.39, 0.29) is 17.1 Å². The molecule has 0 saturated carbocycles. The Labute approximate surface area is 164 Å². The topological polar surface area (TPSA) is 73.4 Å². The number of fused-ring (bicyclic) bond motifs is 1. The summed E-state index contributed by atoms with van der Waals surface area (Å²) in [5.74, 6) is 1.49. The van der Waals surface area contributed by atoms with Crippen LogP contribution in [0.4, 0.5) is 19.1 Å². The Balaban J connectivity index is 1.70. The van der Waals surface area contributed by atoms with Crippen molar-refractivity contribution in [1.82, 2.24) is 29.4 Å². The van der Waals surface area contributed by atoms with Gasteiger partial charge >= 0.3 is 6.18 Å². The zero-order chi connectivity index (χ0) is 20.8. The molecular weight excluding hydrogens is 387 g/mol. The molecule has 4 heterocycles. The Bertz CT molecular complexity index is 1080. The van der Waals surface area contributed by atoms with E-state index in [1.807, 2.05) is 0 Å². The zero-order valence-corrected chi connectivity index (χ0v) is 16.2. The van der Waals surface area contributed by atoms with Crippen LogP contribution in [0.15, 0.2) is 6.07 Å². The van der Waals surface area contributed by atoms with Crippen LogP contribution in [-0.2, 0) is 13.2 Å². The van der Waals surface area contributed by atoms with Gasteiger partial charge in [-0.25, -0.2) is 14.2 Å². The predicted octanol–water partition coefficient (Wildman–Crippen LogP) is 2.96. The molecule has 3 aromatic heterocycles. The molecule has 0 unspecified atom stereocenters. The summed E-state index contributed by atoms with van der Waals surface area (Å²) in [6, 6.07) is 1.54. The normalized spacial score (nSPS) is 15.2. The van der Waals surface area contributed by atoms with E-state index in [1.165, 1.54) is 20.1 Å². The van der Waals surface area contributed by atoms with Gasteiger partial charge in [0.1, 0.15) is 0 Å². The lowest BCUT2D eigenvalue weighted by Crippen LogP contribution is -2.19. The summed E-state index contributed by atoms with van der Waals surface area (Å²) in [5, 5.41) is 8.69. The molecule has 0 aliphatic carbocycles. The molecule has 0 radical (unpaired) electrons. The average Bonchev–Trinajstić information content (AvgIpc) is 3.38. The molecule has 11 heteroatoms. The van der Waals surface area contributed by atoms with Gasteiger partial charge in [0.25, 0.3) is 0 Å². The lowest BCUT2D eigenvalue weighted by Gasteiger charge is -2.10. The molecule has 1 aliphatic rings. The molecule has 0 bridgehead atoms. The van der Waals surface area contributed by atoms with Crippen molar-refractivity contribution in [2.45, 2.75) is 25.9 Å². The number of methoxy groups -OCH3 is 1. The van der Waals surface area contributed by atoms with Crippen molar-refractivity contribution in [1.29, 1.82) is 0 Å². The molecule has 0 amide bonds. The second-order valence-corrected chi connectivity index (χ2v) is 6.84. The van der Waals surface area contributed by atoms with Gasteiger partial charge in [-0.1, -0.05) is 0 Å². The molecule has 3 aromatic rings. The first kappa shape index (κ1) is 19.2. The minimum absolute atomic E-state index is 0.0180.